The van der Waals surface area contributed by atoms with E-state index in [-0.39, 0.29) is 23.0 Å². The molecule has 6 heteroatoms. The molecule has 1 saturated heterocycles. The van der Waals surface area contributed by atoms with E-state index in [1.807, 2.05) is 12.1 Å². The summed E-state index contributed by atoms with van der Waals surface area (Å²) in [7, 11) is -0.203. The fourth-order valence-electron chi connectivity index (χ4n) is 5.63. The second kappa shape index (κ2) is 9.03. The molecule has 5 nitrogen and oxygen atoms in total. The smallest absolute Gasteiger partial charge is 0.192 e. The van der Waals surface area contributed by atoms with Crippen molar-refractivity contribution in [2.45, 2.75) is 89.0 Å². The fourth-order valence-corrected chi connectivity index (χ4v) is 7.02. The van der Waals surface area contributed by atoms with Crippen molar-refractivity contribution in [2.24, 2.45) is 17.8 Å². The highest BCUT2D eigenvalue weighted by atomic mass is 28.4. The molecule has 0 aromatic heterocycles. The van der Waals surface area contributed by atoms with Crippen molar-refractivity contribution >= 4 is 8.32 Å². The van der Waals surface area contributed by atoms with Crippen molar-refractivity contribution in [1.82, 2.24) is 0 Å². The van der Waals surface area contributed by atoms with E-state index >= 15 is 0 Å². The molecule has 2 aliphatic carbocycles. The van der Waals surface area contributed by atoms with Crippen molar-refractivity contribution in [2.75, 3.05) is 20.3 Å². The molecule has 4 rings (SSSR count). The van der Waals surface area contributed by atoms with E-state index in [1.54, 1.807) is 7.11 Å². The van der Waals surface area contributed by atoms with Crippen molar-refractivity contribution in [3.05, 3.63) is 29.8 Å². The normalized spacial score (nSPS) is 30.2. The van der Waals surface area contributed by atoms with Crippen LogP contribution in [0.2, 0.25) is 18.1 Å². The van der Waals surface area contributed by atoms with Crippen LogP contribution >= 0.6 is 0 Å². The van der Waals surface area contributed by atoms with Gasteiger partial charge in [-0.1, -0.05) is 32.9 Å². The third-order valence-electron chi connectivity index (χ3n) is 8.61. The lowest BCUT2D eigenvalue weighted by atomic mass is 9.69. The predicted octanol–water partition coefficient (Wildman–Crippen LogP) is 5.17. The lowest BCUT2D eigenvalue weighted by Gasteiger charge is -2.48. The third-order valence-corrected chi connectivity index (χ3v) is 13.1. The second-order valence-electron chi connectivity index (χ2n) is 11.6. The maximum atomic E-state index is 11.0. The topological polar surface area (TPSA) is 57.2 Å². The van der Waals surface area contributed by atoms with Gasteiger partial charge in [-0.05, 0) is 73.3 Å². The maximum absolute atomic E-state index is 11.0. The Morgan fingerprint density at radius 3 is 2.41 bits per heavy atom. The van der Waals surface area contributed by atoms with Crippen molar-refractivity contribution in [3.8, 4) is 5.75 Å². The van der Waals surface area contributed by atoms with Gasteiger partial charge in [0.25, 0.3) is 0 Å². The summed E-state index contributed by atoms with van der Waals surface area (Å²) in [5.74, 6) is 1.48. The Balaban J connectivity index is 1.41. The molecule has 3 fully saturated rings. The molecule has 3 aliphatic rings. The fraction of sp³-hybridized carbons (Fsp3) is 0.769. The van der Waals surface area contributed by atoms with E-state index in [4.69, 9.17) is 18.6 Å². The van der Waals surface area contributed by atoms with Crippen LogP contribution in [0.25, 0.3) is 0 Å². The first-order valence-corrected chi connectivity index (χ1v) is 15.2. The maximum Gasteiger partial charge on any atom is 0.192 e. The van der Waals surface area contributed by atoms with Gasteiger partial charge in [0, 0.05) is 18.4 Å². The van der Waals surface area contributed by atoms with Crippen LogP contribution in [0.15, 0.2) is 24.3 Å². The molecule has 180 valence electrons. The summed E-state index contributed by atoms with van der Waals surface area (Å²) in [5, 5.41) is 11.2. The van der Waals surface area contributed by atoms with Gasteiger partial charge in [0.2, 0.25) is 0 Å². The van der Waals surface area contributed by atoms with Crippen LogP contribution in [0.3, 0.4) is 0 Å². The van der Waals surface area contributed by atoms with E-state index in [0.717, 1.165) is 37.9 Å². The van der Waals surface area contributed by atoms with Crippen molar-refractivity contribution in [3.63, 3.8) is 0 Å². The summed E-state index contributed by atoms with van der Waals surface area (Å²) >= 11 is 0. The molecular weight excluding hydrogens is 420 g/mol. The highest BCUT2D eigenvalue weighted by Crippen LogP contribution is 2.59. The minimum Gasteiger partial charge on any atom is -0.497 e. The number of aliphatic hydroxyl groups is 1. The number of hydrogen-bond acceptors (Lipinski definition) is 5. The molecule has 0 amide bonds. The molecule has 1 heterocycles. The van der Waals surface area contributed by atoms with Crippen molar-refractivity contribution < 1.29 is 23.7 Å². The Labute approximate surface area is 194 Å². The van der Waals surface area contributed by atoms with Crippen LogP contribution in [-0.4, -0.2) is 51.7 Å². The zero-order valence-electron chi connectivity index (χ0n) is 20.7. The molecule has 2 saturated carbocycles. The number of methoxy groups -OCH3 is 1. The third kappa shape index (κ3) is 4.67. The number of aliphatic hydroxyl groups excluding tert-OH is 1. The standard InChI is InChI=1S/C26H42O5Si/c1-25(2,3)32(5,6)31-21(15-18-7-10-20(28-4)11-8-18)12-9-19-16-23-22(24(19)27)17-26(23)29-13-14-30-26/h7-8,10-11,19,21-24,27H,9,12-17H2,1-6H3. The van der Waals surface area contributed by atoms with Crippen LogP contribution in [0.5, 0.6) is 5.75 Å². The molecule has 1 aromatic carbocycles. The SMILES string of the molecule is COc1ccc(CC(CCC2CC3C(CC34OCCO4)C2O)O[Si](C)(C)C(C)(C)C)cc1. The van der Waals surface area contributed by atoms with Gasteiger partial charge in [0.05, 0.1) is 26.4 Å². The Hall–Kier alpha value is -0.923. The van der Waals surface area contributed by atoms with Gasteiger partial charge < -0.3 is 23.7 Å². The number of ether oxygens (including phenoxy) is 3. The van der Waals surface area contributed by atoms with Gasteiger partial charge in [-0.15, -0.1) is 0 Å². The summed E-state index contributed by atoms with van der Waals surface area (Å²) in [6.07, 6.45) is 4.61. The number of benzene rings is 1. The molecule has 0 bridgehead atoms. The Morgan fingerprint density at radius 2 is 1.81 bits per heavy atom. The molecule has 1 spiro atoms. The molecule has 1 aromatic rings. The van der Waals surface area contributed by atoms with Gasteiger partial charge in [0.1, 0.15) is 5.75 Å². The average Bonchev–Trinajstić information content (AvgIpc) is 3.31. The van der Waals surface area contributed by atoms with Crippen LogP contribution in [0, 0.1) is 17.8 Å². The van der Waals surface area contributed by atoms with Gasteiger partial charge in [-0.25, -0.2) is 0 Å². The second-order valence-corrected chi connectivity index (χ2v) is 16.4. The van der Waals surface area contributed by atoms with Crippen LogP contribution in [0.4, 0.5) is 0 Å². The first kappa shape index (κ1) is 24.2. The molecule has 5 unspecified atom stereocenters. The average molecular weight is 463 g/mol. The van der Waals surface area contributed by atoms with Gasteiger partial charge >= 0.3 is 0 Å². The lowest BCUT2D eigenvalue weighted by Crippen LogP contribution is -2.54. The molecule has 32 heavy (non-hydrogen) atoms. The molecule has 1 aliphatic heterocycles. The quantitative estimate of drug-likeness (QED) is 0.540. The summed E-state index contributed by atoms with van der Waals surface area (Å²) in [5.41, 5.74) is 1.27. The largest absolute Gasteiger partial charge is 0.497 e. The molecule has 1 N–H and O–H groups in total. The monoisotopic (exact) mass is 462 g/mol. The summed E-state index contributed by atoms with van der Waals surface area (Å²) in [6, 6.07) is 8.34. The lowest BCUT2D eigenvalue weighted by molar-refractivity contribution is -0.275. The molecule has 0 radical (unpaired) electrons. The number of rotatable bonds is 8. The Morgan fingerprint density at radius 1 is 1.16 bits per heavy atom. The summed E-state index contributed by atoms with van der Waals surface area (Å²) in [4.78, 5) is 0. The van der Waals surface area contributed by atoms with Gasteiger partial charge in [-0.3, -0.25) is 0 Å². The zero-order chi connectivity index (χ0) is 23.1. The molecular formula is C26H42O5Si. The van der Waals surface area contributed by atoms with Gasteiger partial charge in [0.15, 0.2) is 14.1 Å². The zero-order valence-corrected chi connectivity index (χ0v) is 21.7. The highest BCUT2D eigenvalue weighted by Gasteiger charge is 2.64. The summed E-state index contributed by atoms with van der Waals surface area (Å²) in [6.45, 7) is 12.9. The van der Waals surface area contributed by atoms with E-state index < -0.39 is 8.32 Å². The van der Waals surface area contributed by atoms with E-state index in [2.05, 4.69) is 46.0 Å². The van der Waals surface area contributed by atoms with E-state index in [0.29, 0.717) is 31.0 Å². The first-order valence-electron chi connectivity index (χ1n) is 12.3. The first-order chi connectivity index (χ1) is 15.0. The van der Waals surface area contributed by atoms with Crippen LogP contribution < -0.4 is 4.74 Å². The van der Waals surface area contributed by atoms with Crippen LogP contribution in [-0.2, 0) is 20.3 Å². The van der Waals surface area contributed by atoms with Gasteiger partial charge in [-0.2, -0.15) is 0 Å². The van der Waals surface area contributed by atoms with E-state index in [9.17, 15) is 5.11 Å². The van der Waals surface area contributed by atoms with Crippen LogP contribution in [0.1, 0.15) is 52.0 Å². The number of fused-ring (bicyclic) bond motifs is 2. The number of hydrogen-bond donors (Lipinski definition) is 1. The minimum absolute atomic E-state index is 0.155. The Kier molecular flexibility index (Phi) is 6.83. The molecule has 5 atom stereocenters. The van der Waals surface area contributed by atoms with E-state index in [1.165, 1.54) is 5.56 Å². The minimum atomic E-state index is -1.90. The highest BCUT2D eigenvalue weighted by molar-refractivity contribution is 6.74. The summed E-state index contributed by atoms with van der Waals surface area (Å²) < 4.78 is 24.1. The Bertz CT molecular complexity index is 765. The van der Waals surface area contributed by atoms with Crippen molar-refractivity contribution in [1.29, 1.82) is 0 Å². The predicted molar refractivity (Wildman–Crippen MR) is 128 cm³/mol.